The number of allylic oxidation sites excluding steroid dienone is 3. The molecule has 2 N–H and O–H groups in total. The van der Waals surface area contributed by atoms with Gasteiger partial charge in [0.2, 0.25) is 0 Å². The Balaban J connectivity index is 2.43. The first kappa shape index (κ1) is 27.3. The Morgan fingerprint density at radius 2 is 1.94 bits per heavy atom. The third kappa shape index (κ3) is 7.26. The van der Waals surface area contributed by atoms with E-state index in [1.54, 1.807) is 18.5 Å². The second-order valence-electron chi connectivity index (χ2n) is 7.85. The van der Waals surface area contributed by atoms with Gasteiger partial charge < -0.3 is 10.6 Å². The third-order valence-electron chi connectivity index (χ3n) is 5.53. The van der Waals surface area contributed by atoms with Gasteiger partial charge in [-0.25, -0.2) is 0 Å². The van der Waals surface area contributed by atoms with E-state index < -0.39 is 5.92 Å². The molecule has 0 amide bonds. The third-order valence-corrected chi connectivity index (χ3v) is 6.05. The normalized spacial score (nSPS) is 13.4. The van der Waals surface area contributed by atoms with Gasteiger partial charge in [-0.2, -0.15) is 5.26 Å². The number of nitrogens with zero attached hydrogens (tertiary/aromatic N) is 5. The van der Waals surface area contributed by atoms with Gasteiger partial charge in [-0.15, -0.1) is 0 Å². The smallest absolute Gasteiger partial charge is 0.113 e. The van der Waals surface area contributed by atoms with Crippen LogP contribution in [-0.2, 0) is 6.42 Å². The van der Waals surface area contributed by atoms with E-state index in [-0.39, 0.29) is 0 Å². The summed E-state index contributed by atoms with van der Waals surface area (Å²) in [6, 6.07) is 15.9. The molecule has 0 spiro atoms. The average molecular weight is 487 g/mol. The average Bonchev–Trinajstić information content (AvgIpc) is 2.88. The van der Waals surface area contributed by atoms with Crippen LogP contribution in [0.25, 0.3) is 5.03 Å². The number of rotatable bonds is 11. The number of nitrogens with two attached hydrogens (primary N) is 1. The fraction of sp³-hybridized carbons (Fsp3) is 0.214. The molecular formula is C28H31ClN6. The van der Waals surface area contributed by atoms with Gasteiger partial charge in [-0.1, -0.05) is 29.8 Å². The molecule has 0 aliphatic rings. The summed E-state index contributed by atoms with van der Waals surface area (Å²) in [6.07, 6.45) is 7.03. The predicted molar refractivity (Wildman–Crippen MR) is 150 cm³/mol. The van der Waals surface area contributed by atoms with E-state index in [0.29, 0.717) is 17.1 Å². The van der Waals surface area contributed by atoms with Crippen molar-refractivity contribution in [1.29, 1.82) is 5.26 Å². The summed E-state index contributed by atoms with van der Waals surface area (Å²) < 4.78 is 0. The van der Waals surface area contributed by atoms with Crippen molar-refractivity contribution in [2.75, 3.05) is 13.6 Å². The molecule has 0 saturated carbocycles. The predicted octanol–water partition coefficient (Wildman–Crippen LogP) is 6.51. The van der Waals surface area contributed by atoms with E-state index in [2.05, 4.69) is 34.5 Å². The molecule has 2 aromatic rings. The number of likely N-dealkylation sites (N-methyl/N-ethyl adjacent to an activating group) is 1. The standard InChI is InChI=1S/C28H31ClN6/c1-6-35(5)27(19-32-3)25(18-31)22-10-13-26(33-4)24(17-22)28(29)20(2)16-21-8-11-23(12-9-21)34-15-7-14-30/h7-15,17,19,25H,3-4,6,16,30H2,1-2,5H3/b14-7?,27-19-,28-20-,34-15?. The summed E-state index contributed by atoms with van der Waals surface area (Å²) in [5.41, 5.74) is 11.2. The molecule has 6 nitrogen and oxygen atoms in total. The Labute approximate surface area is 213 Å². The summed E-state index contributed by atoms with van der Waals surface area (Å²) >= 11 is 6.87. The first-order valence-electron chi connectivity index (χ1n) is 11.1. The van der Waals surface area contributed by atoms with Crippen molar-refractivity contribution >= 4 is 47.7 Å². The molecule has 0 aliphatic heterocycles. The van der Waals surface area contributed by atoms with Crippen LogP contribution in [0.5, 0.6) is 0 Å². The number of halogens is 1. The first-order valence-corrected chi connectivity index (χ1v) is 11.5. The molecule has 0 aromatic heterocycles. The fourth-order valence-corrected chi connectivity index (χ4v) is 3.74. The van der Waals surface area contributed by atoms with Gasteiger partial charge in [0.05, 0.1) is 23.1 Å². The second-order valence-corrected chi connectivity index (χ2v) is 8.23. The number of hydrogen-bond acceptors (Lipinski definition) is 6. The van der Waals surface area contributed by atoms with Crippen LogP contribution in [0.4, 0.5) is 11.4 Å². The Kier molecular flexibility index (Phi) is 10.7. The van der Waals surface area contributed by atoms with Crippen LogP contribution in [0.3, 0.4) is 0 Å². The van der Waals surface area contributed by atoms with Gasteiger partial charge in [0.25, 0.3) is 0 Å². The molecular weight excluding hydrogens is 456 g/mol. The van der Waals surface area contributed by atoms with Crippen molar-refractivity contribution in [2.24, 2.45) is 20.7 Å². The molecule has 2 aromatic carbocycles. The molecule has 0 fully saturated rings. The molecule has 0 saturated heterocycles. The highest BCUT2D eigenvalue weighted by Gasteiger charge is 2.21. The van der Waals surface area contributed by atoms with Crippen LogP contribution in [0.15, 0.2) is 87.2 Å². The summed E-state index contributed by atoms with van der Waals surface area (Å²) in [5, 5.41) is 10.6. The van der Waals surface area contributed by atoms with Gasteiger partial charge in [-0.05, 0) is 86.9 Å². The highest BCUT2D eigenvalue weighted by Crippen LogP contribution is 2.36. The minimum absolute atomic E-state index is 0.532. The zero-order valence-electron chi connectivity index (χ0n) is 20.4. The first-order chi connectivity index (χ1) is 16.9. The van der Waals surface area contributed by atoms with Crippen molar-refractivity contribution < 1.29 is 0 Å². The molecule has 0 radical (unpaired) electrons. The molecule has 0 bridgehead atoms. The number of nitriles is 1. The van der Waals surface area contributed by atoms with Crippen LogP contribution in [0.2, 0.25) is 0 Å². The van der Waals surface area contributed by atoms with E-state index in [1.807, 2.05) is 68.3 Å². The van der Waals surface area contributed by atoms with Gasteiger partial charge >= 0.3 is 0 Å². The lowest BCUT2D eigenvalue weighted by atomic mass is 9.93. The largest absolute Gasteiger partial charge is 0.405 e. The minimum atomic E-state index is -0.532. The molecule has 1 unspecified atom stereocenters. The monoisotopic (exact) mass is 486 g/mol. The summed E-state index contributed by atoms with van der Waals surface area (Å²) in [4.78, 5) is 14.3. The number of benzene rings is 2. The van der Waals surface area contributed by atoms with Gasteiger partial charge in [0.15, 0.2) is 0 Å². The zero-order chi connectivity index (χ0) is 25.8. The minimum Gasteiger partial charge on any atom is -0.405 e. The second kappa shape index (κ2) is 13.7. The van der Waals surface area contributed by atoms with Crippen LogP contribution in [0.1, 0.15) is 36.5 Å². The van der Waals surface area contributed by atoms with Crippen LogP contribution in [-0.4, -0.2) is 38.1 Å². The SMILES string of the molecule is C=N/C=C(/C(C#N)c1ccc(N=C)c(/C(Cl)=C(\C)Cc2ccc(N=CC=CN)cc2)c1)N(C)CC. The highest BCUT2D eigenvalue weighted by atomic mass is 35.5. The maximum absolute atomic E-state index is 9.99. The summed E-state index contributed by atoms with van der Waals surface area (Å²) in [5.74, 6) is -0.532. The maximum atomic E-state index is 9.99. The maximum Gasteiger partial charge on any atom is 0.113 e. The topological polar surface area (TPSA) is 90.1 Å². The van der Waals surface area contributed by atoms with Gasteiger partial charge in [0.1, 0.15) is 5.92 Å². The van der Waals surface area contributed by atoms with Crippen molar-refractivity contribution in [3.05, 3.63) is 88.9 Å². The molecule has 1 atom stereocenters. The van der Waals surface area contributed by atoms with E-state index in [0.717, 1.165) is 40.2 Å². The molecule has 35 heavy (non-hydrogen) atoms. The lowest BCUT2D eigenvalue weighted by molar-refractivity contribution is 0.421. The molecule has 180 valence electrons. The van der Waals surface area contributed by atoms with E-state index in [4.69, 9.17) is 17.3 Å². The lowest BCUT2D eigenvalue weighted by Crippen LogP contribution is -2.21. The van der Waals surface area contributed by atoms with Gasteiger partial charge in [0, 0.05) is 36.6 Å². The van der Waals surface area contributed by atoms with Crippen molar-refractivity contribution in [1.82, 2.24) is 4.90 Å². The summed E-state index contributed by atoms with van der Waals surface area (Å²) in [7, 11) is 1.92. The Morgan fingerprint density at radius 1 is 1.23 bits per heavy atom. The zero-order valence-corrected chi connectivity index (χ0v) is 21.2. The van der Waals surface area contributed by atoms with Crippen LogP contribution in [0, 0.1) is 11.3 Å². The van der Waals surface area contributed by atoms with Crippen molar-refractivity contribution in [3.63, 3.8) is 0 Å². The molecule has 2 rings (SSSR count). The lowest BCUT2D eigenvalue weighted by Gasteiger charge is -2.24. The summed E-state index contributed by atoms with van der Waals surface area (Å²) in [6.45, 7) is 12.0. The van der Waals surface area contributed by atoms with Gasteiger partial charge in [-0.3, -0.25) is 15.0 Å². The number of aliphatic imine (C=N–C) groups is 3. The Morgan fingerprint density at radius 3 is 2.51 bits per heavy atom. The fourth-order valence-electron chi connectivity index (χ4n) is 3.52. The highest BCUT2D eigenvalue weighted by molar-refractivity contribution is 6.49. The molecule has 7 heteroatoms. The van der Waals surface area contributed by atoms with Crippen LogP contribution < -0.4 is 5.73 Å². The Bertz CT molecular complexity index is 1200. The number of hydrogen-bond donors (Lipinski definition) is 1. The molecule has 0 aliphatic carbocycles. The van der Waals surface area contributed by atoms with Crippen molar-refractivity contribution in [2.45, 2.75) is 26.2 Å². The van der Waals surface area contributed by atoms with Crippen molar-refractivity contribution in [3.8, 4) is 6.07 Å². The van der Waals surface area contributed by atoms with E-state index >= 15 is 0 Å². The van der Waals surface area contributed by atoms with E-state index in [9.17, 15) is 5.26 Å². The Hall–Kier alpha value is -3.95. The quantitative estimate of drug-likeness (QED) is 0.367. The van der Waals surface area contributed by atoms with Crippen LogP contribution >= 0.6 is 11.6 Å². The van der Waals surface area contributed by atoms with E-state index in [1.165, 1.54) is 6.20 Å². The molecule has 0 heterocycles.